The third kappa shape index (κ3) is 3.39. The van der Waals surface area contributed by atoms with Crippen LogP contribution in [0, 0.1) is 10.1 Å². The summed E-state index contributed by atoms with van der Waals surface area (Å²) in [7, 11) is 0. The molecule has 2 unspecified atom stereocenters. The van der Waals surface area contributed by atoms with E-state index in [2.05, 4.69) is 4.74 Å². The van der Waals surface area contributed by atoms with Crippen LogP contribution in [0.5, 0.6) is 5.75 Å². The molecule has 1 aromatic carbocycles. The SMILES string of the molecule is CCOC(=O)C(O)C(O)c1ccc(O)c([N+](=O)[O-])c1. The first-order valence-corrected chi connectivity index (χ1v) is 5.38. The number of benzene rings is 1. The summed E-state index contributed by atoms with van der Waals surface area (Å²) in [5, 5.41) is 39.1. The molecular formula is C11H13NO7. The molecule has 8 heteroatoms. The number of rotatable bonds is 5. The van der Waals surface area contributed by atoms with Crippen LogP contribution in [0.3, 0.4) is 0 Å². The van der Waals surface area contributed by atoms with Crippen LogP contribution in [0.1, 0.15) is 18.6 Å². The molecular weight excluding hydrogens is 258 g/mol. The second-order valence-corrected chi connectivity index (χ2v) is 3.65. The van der Waals surface area contributed by atoms with Crippen molar-refractivity contribution in [3.05, 3.63) is 33.9 Å². The number of ether oxygens (including phenoxy) is 1. The van der Waals surface area contributed by atoms with Gasteiger partial charge in [-0.15, -0.1) is 0 Å². The van der Waals surface area contributed by atoms with Crippen LogP contribution >= 0.6 is 0 Å². The molecule has 0 radical (unpaired) electrons. The number of hydrogen-bond acceptors (Lipinski definition) is 7. The molecule has 0 aliphatic rings. The maximum absolute atomic E-state index is 11.2. The highest BCUT2D eigenvalue weighted by Crippen LogP contribution is 2.30. The van der Waals surface area contributed by atoms with Gasteiger partial charge in [-0.25, -0.2) is 4.79 Å². The van der Waals surface area contributed by atoms with E-state index < -0.39 is 34.5 Å². The number of nitrogens with zero attached hydrogens (tertiary/aromatic N) is 1. The maximum Gasteiger partial charge on any atom is 0.338 e. The quantitative estimate of drug-likeness (QED) is 0.397. The zero-order valence-corrected chi connectivity index (χ0v) is 10.0. The van der Waals surface area contributed by atoms with Gasteiger partial charge in [-0.2, -0.15) is 0 Å². The van der Waals surface area contributed by atoms with Gasteiger partial charge in [-0.1, -0.05) is 6.07 Å². The van der Waals surface area contributed by atoms with Crippen LogP contribution < -0.4 is 0 Å². The molecule has 104 valence electrons. The number of aliphatic hydroxyl groups is 2. The van der Waals surface area contributed by atoms with Crippen molar-refractivity contribution in [1.82, 2.24) is 0 Å². The Balaban J connectivity index is 3.00. The lowest BCUT2D eigenvalue weighted by Gasteiger charge is -2.16. The fourth-order valence-corrected chi connectivity index (χ4v) is 1.41. The Kier molecular flexibility index (Phi) is 4.79. The minimum Gasteiger partial charge on any atom is -0.502 e. The van der Waals surface area contributed by atoms with Crippen molar-refractivity contribution in [2.75, 3.05) is 6.61 Å². The van der Waals surface area contributed by atoms with E-state index >= 15 is 0 Å². The largest absolute Gasteiger partial charge is 0.502 e. The Labute approximate surface area is 108 Å². The summed E-state index contributed by atoms with van der Waals surface area (Å²) in [6, 6.07) is 3.03. The molecule has 19 heavy (non-hydrogen) atoms. The van der Waals surface area contributed by atoms with Gasteiger partial charge in [0.05, 0.1) is 11.5 Å². The highest BCUT2D eigenvalue weighted by Gasteiger charge is 2.28. The minimum atomic E-state index is -1.86. The molecule has 0 fully saturated rings. The Bertz CT molecular complexity index is 488. The molecule has 8 nitrogen and oxygen atoms in total. The lowest BCUT2D eigenvalue weighted by molar-refractivity contribution is -0.386. The van der Waals surface area contributed by atoms with Crippen molar-refractivity contribution in [3.8, 4) is 5.75 Å². The molecule has 1 aromatic rings. The lowest BCUT2D eigenvalue weighted by atomic mass is 10.0. The zero-order valence-electron chi connectivity index (χ0n) is 10.0. The van der Waals surface area contributed by atoms with Crippen molar-refractivity contribution in [2.24, 2.45) is 0 Å². The fourth-order valence-electron chi connectivity index (χ4n) is 1.41. The van der Waals surface area contributed by atoms with Gasteiger partial charge < -0.3 is 20.1 Å². The molecule has 3 N–H and O–H groups in total. The van der Waals surface area contributed by atoms with Gasteiger partial charge in [-0.05, 0) is 18.6 Å². The Morgan fingerprint density at radius 3 is 2.63 bits per heavy atom. The summed E-state index contributed by atoms with van der Waals surface area (Å²) < 4.78 is 4.52. The fraction of sp³-hybridized carbons (Fsp3) is 0.364. The summed E-state index contributed by atoms with van der Waals surface area (Å²) >= 11 is 0. The van der Waals surface area contributed by atoms with E-state index in [9.17, 15) is 30.2 Å². The number of carbonyl (C=O) groups is 1. The minimum absolute atomic E-state index is 0.0261. The number of esters is 1. The van der Waals surface area contributed by atoms with Crippen LogP contribution in [0.4, 0.5) is 5.69 Å². The number of phenolic OH excluding ortho intramolecular Hbond substituents is 1. The van der Waals surface area contributed by atoms with Crippen LogP contribution in [-0.2, 0) is 9.53 Å². The second-order valence-electron chi connectivity index (χ2n) is 3.65. The average Bonchev–Trinajstić information content (AvgIpc) is 2.37. The number of nitro groups is 1. The highest BCUT2D eigenvalue weighted by atomic mass is 16.6. The summed E-state index contributed by atoms with van der Waals surface area (Å²) in [6.07, 6.45) is -3.54. The van der Waals surface area contributed by atoms with E-state index in [4.69, 9.17) is 0 Å². The average molecular weight is 271 g/mol. The van der Waals surface area contributed by atoms with Gasteiger partial charge in [0.1, 0.15) is 6.10 Å². The molecule has 0 saturated carbocycles. The topological polar surface area (TPSA) is 130 Å². The van der Waals surface area contributed by atoms with Crippen LogP contribution in [0.2, 0.25) is 0 Å². The predicted octanol–water partition coefficient (Wildman–Crippen LogP) is 0.258. The van der Waals surface area contributed by atoms with Crippen molar-refractivity contribution < 1.29 is 29.8 Å². The summed E-state index contributed by atoms with van der Waals surface area (Å²) in [5.41, 5.74) is -0.710. The van der Waals surface area contributed by atoms with Crippen LogP contribution in [0.25, 0.3) is 0 Å². The first kappa shape index (κ1) is 14.9. The molecule has 0 spiro atoms. The van der Waals surface area contributed by atoms with E-state index in [0.717, 1.165) is 18.2 Å². The standard InChI is InChI=1S/C11H13NO7/c1-2-19-11(16)10(15)9(14)6-3-4-8(13)7(5-6)12(17)18/h3-5,9-10,13-15H,2H2,1H3. The van der Waals surface area contributed by atoms with Crippen molar-refractivity contribution in [1.29, 1.82) is 0 Å². The smallest absolute Gasteiger partial charge is 0.338 e. The number of hydrogen-bond donors (Lipinski definition) is 3. The third-order valence-corrected chi connectivity index (χ3v) is 2.36. The Hall–Kier alpha value is -2.19. The number of carbonyl (C=O) groups excluding carboxylic acids is 1. The lowest BCUT2D eigenvalue weighted by Crippen LogP contribution is -2.29. The molecule has 0 amide bonds. The third-order valence-electron chi connectivity index (χ3n) is 2.36. The van der Waals surface area contributed by atoms with E-state index in [1.807, 2.05) is 0 Å². The molecule has 1 rings (SSSR count). The van der Waals surface area contributed by atoms with Crippen LogP contribution in [0.15, 0.2) is 18.2 Å². The molecule has 0 aliphatic heterocycles. The van der Waals surface area contributed by atoms with Gasteiger partial charge in [-0.3, -0.25) is 10.1 Å². The normalized spacial score (nSPS) is 13.6. The molecule has 0 aliphatic carbocycles. The van der Waals surface area contributed by atoms with Gasteiger partial charge in [0.2, 0.25) is 0 Å². The van der Waals surface area contributed by atoms with Crippen LogP contribution in [-0.4, -0.2) is 38.9 Å². The summed E-state index contributed by atoms with van der Waals surface area (Å²) in [5.74, 6) is -1.61. The van der Waals surface area contributed by atoms with Crippen molar-refractivity contribution >= 4 is 11.7 Å². The van der Waals surface area contributed by atoms with E-state index in [1.54, 1.807) is 0 Å². The van der Waals surface area contributed by atoms with Gasteiger partial charge >= 0.3 is 11.7 Å². The molecule has 2 atom stereocenters. The number of aromatic hydroxyl groups is 1. The number of phenols is 1. The highest BCUT2D eigenvalue weighted by molar-refractivity contribution is 5.75. The molecule has 0 heterocycles. The molecule has 0 bridgehead atoms. The van der Waals surface area contributed by atoms with E-state index in [1.165, 1.54) is 6.92 Å². The van der Waals surface area contributed by atoms with Crippen molar-refractivity contribution in [2.45, 2.75) is 19.1 Å². The van der Waals surface area contributed by atoms with Gasteiger partial charge in [0.25, 0.3) is 0 Å². The first-order chi connectivity index (χ1) is 8.88. The summed E-state index contributed by atoms with van der Waals surface area (Å²) in [6.45, 7) is 1.56. The predicted molar refractivity (Wildman–Crippen MR) is 62.4 cm³/mol. The van der Waals surface area contributed by atoms with Crippen molar-refractivity contribution in [3.63, 3.8) is 0 Å². The van der Waals surface area contributed by atoms with E-state index in [-0.39, 0.29) is 12.2 Å². The second kappa shape index (κ2) is 6.12. The van der Waals surface area contributed by atoms with Gasteiger partial charge in [0, 0.05) is 6.07 Å². The van der Waals surface area contributed by atoms with Gasteiger partial charge in [0.15, 0.2) is 11.9 Å². The number of aliphatic hydroxyl groups excluding tert-OH is 2. The molecule has 0 saturated heterocycles. The Morgan fingerprint density at radius 2 is 2.11 bits per heavy atom. The first-order valence-electron chi connectivity index (χ1n) is 5.38. The zero-order chi connectivity index (χ0) is 14.6. The number of nitro benzene ring substituents is 1. The summed E-state index contributed by atoms with van der Waals surface area (Å²) in [4.78, 5) is 21.0. The monoisotopic (exact) mass is 271 g/mol. The van der Waals surface area contributed by atoms with E-state index in [0.29, 0.717) is 0 Å². The molecule has 0 aromatic heterocycles. The maximum atomic E-state index is 11.2. The Morgan fingerprint density at radius 1 is 1.47 bits per heavy atom.